The van der Waals surface area contributed by atoms with Gasteiger partial charge in [0.25, 0.3) is 5.91 Å². The van der Waals surface area contributed by atoms with Crippen molar-refractivity contribution in [1.29, 1.82) is 0 Å². The second-order valence-corrected chi connectivity index (χ2v) is 5.09. The highest BCUT2D eigenvalue weighted by atomic mass is 19.2. The second kappa shape index (κ2) is 7.04. The van der Waals surface area contributed by atoms with Gasteiger partial charge in [-0.1, -0.05) is 6.07 Å². The van der Waals surface area contributed by atoms with Gasteiger partial charge in [-0.25, -0.2) is 8.78 Å². The van der Waals surface area contributed by atoms with Gasteiger partial charge in [-0.05, 0) is 42.5 Å². The lowest BCUT2D eigenvalue weighted by Crippen LogP contribution is -2.28. The highest BCUT2D eigenvalue weighted by Crippen LogP contribution is 2.18. The molecule has 2 aromatic carbocycles. The zero-order chi connectivity index (χ0) is 16.9. The molecule has 1 amide bonds. The highest BCUT2D eigenvalue weighted by molar-refractivity contribution is 5.94. The maximum atomic E-state index is 13.1. The monoisotopic (exact) mass is 328 g/mol. The summed E-state index contributed by atoms with van der Waals surface area (Å²) < 4.78 is 31.5. The van der Waals surface area contributed by atoms with E-state index in [0.29, 0.717) is 5.75 Å². The average molecular weight is 328 g/mol. The fourth-order valence-corrected chi connectivity index (χ4v) is 2.22. The van der Waals surface area contributed by atoms with Gasteiger partial charge in [0, 0.05) is 17.1 Å². The summed E-state index contributed by atoms with van der Waals surface area (Å²) >= 11 is 0. The predicted octanol–water partition coefficient (Wildman–Crippen LogP) is 3.32. The minimum atomic E-state index is -1.05. The molecular formula is C18H14F2N2O2. The summed E-state index contributed by atoms with van der Waals surface area (Å²) in [6.45, 7) is 0.490. The number of aromatic nitrogens is 1. The van der Waals surface area contributed by atoms with Gasteiger partial charge in [0.05, 0.1) is 12.1 Å². The number of nitrogens with one attached hydrogen (secondary N) is 1. The third-order valence-corrected chi connectivity index (χ3v) is 3.41. The van der Waals surface area contributed by atoms with Crippen LogP contribution in [-0.4, -0.2) is 24.0 Å². The minimum absolute atomic E-state index is 0.0608. The number of hydrogen-bond acceptors (Lipinski definition) is 3. The Labute approximate surface area is 137 Å². The smallest absolute Gasteiger partial charge is 0.251 e. The zero-order valence-electron chi connectivity index (χ0n) is 12.6. The van der Waals surface area contributed by atoms with Crippen LogP contribution in [0.1, 0.15) is 10.4 Å². The van der Waals surface area contributed by atoms with Crippen LogP contribution in [0.5, 0.6) is 5.75 Å². The molecule has 122 valence electrons. The molecule has 4 nitrogen and oxygen atoms in total. The van der Waals surface area contributed by atoms with Gasteiger partial charge in [0.2, 0.25) is 0 Å². The molecule has 3 rings (SSSR count). The number of hydrogen-bond donors (Lipinski definition) is 1. The van der Waals surface area contributed by atoms with Crippen molar-refractivity contribution in [3.05, 3.63) is 71.9 Å². The van der Waals surface area contributed by atoms with Gasteiger partial charge in [0.1, 0.15) is 12.4 Å². The largest absolute Gasteiger partial charge is 0.492 e. The van der Waals surface area contributed by atoms with Crippen LogP contribution in [0.2, 0.25) is 0 Å². The van der Waals surface area contributed by atoms with E-state index < -0.39 is 17.5 Å². The molecule has 1 aromatic heterocycles. The number of nitrogens with zero attached hydrogens (tertiary/aromatic N) is 1. The standard InChI is InChI=1S/C18H14F2N2O2/c19-15-5-3-13(11-16(15)20)18(23)22-8-9-24-14-4-6-17-12(10-14)2-1-7-21-17/h1-7,10-11H,8-9H2,(H,22,23). The van der Waals surface area contributed by atoms with E-state index in [-0.39, 0.29) is 18.7 Å². The fourth-order valence-electron chi connectivity index (χ4n) is 2.22. The van der Waals surface area contributed by atoms with Crippen LogP contribution in [-0.2, 0) is 0 Å². The number of carbonyl (C=O) groups excluding carboxylic acids is 1. The minimum Gasteiger partial charge on any atom is -0.492 e. The van der Waals surface area contributed by atoms with Gasteiger partial charge in [0.15, 0.2) is 11.6 Å². The third-order valence-electron chi connectivity index (χ3n) is 3.41. The topological polar surface area (TPSA) is 51.2 Å². The van der Waals surface area contributed by atoms with Crippen molar-refractivity contribution in [3.63, 3.8) is 0 Å². The summed E-state index contributed by atoms with van der Waals surface area (Å²) in [5.74, 6) is -1.86. The number of amides is 1. The molecule has 0 aliphatic carbocycles. The molecule has 0 radical (unpaired) electrons. The lowest BCUT2D eigenvalue weighted by molar-refractivity contribution is 0.0946. The SMILES string of the molecule is O=C(NCCOc1ccc2ncccc2c1)c1ccc(F)c(F)c1. The number of fused-ring (bicyclic) bond motifs is 1. The summed E-state index contributed by atoms with van der Waals surface area (Å²) in [5, 5.41) is 3.55. The predicted molar refractivity (Wildman–Crippen MR) is 85.9 cm³/mol. The van der Waals surface area contributed by atoms with Crippen LogP contribution >= 0.6 is 0 Å². The lowest BCUT2D eigenvalue weighted by atomic mass is 10.2. The Morgan fingerprint density at radius 2 is 1.96 bits per heavy atom. The lowest BCUT2D eigenvalue weighted by Gasteiger charge is -2.08. The fraction of sp³-hybridized carbons (Fsp3) is 0.111. The first kappa shape index (κ1) is 15.9. The van der Waals surface area contributed by atoms with Gasteiger partial charge in [-0.3, -0.25) is 9.78 Å². The summed E-state index contributed by atoms with van der Waals surface area (Å²) in [6.07, 6.45) is 1.72. The van der Waals surface area contributed by atoms with Crippen molar-refractivity contribution in [2.45, 2.75) is 0 Å². The molecule has 0 saturated carbocycles. The number of halogens is 2. The highest BCUT2D eigenvalue weighted by Gasteiger charge is 2.09. The molecule has 3 aromatic rings. The maximum absolute atomic E-state index is 13.1. The number of carbonyl (C=O) groups is 1. The second-order valence-electron chi connectivity index (χ2n) is 5.09. The molecular weight excluding hydrogens is 314 g/mol. The van der Waals surface area contributed by atoms with Crippen LogP contribution in [0.15, 0.2) is 54.7 Å². The van der Waals surface area contributed by atoms with Crippen LogP contribution in [0.4, 0.5) is 8.78 Å². The average Bonchev–Trinajstić information content (AvgIpc) is 2.60. The van der Waals surface area contributed by atoms with E-state index in [4.69, 9.17) is 4.74 Å². The molecule has 24 heavy (non-hydrogen) atoms. The number of benzene rings is 2. The maximum Gasteiger partial charge on any atom is 0.251 e. The Kier molecular flexibility index (Phi) is 4.65. The van der Waals surface area contributed by atoms with E-state index in [1.165, 1.54) is 6.07 Å². The van der Waals surface area contributed by atoms with Gasteiger partial charge in [-0.15, -0.1) is 0 Å². The van der Waals surface area contributed by atoms with Crippen molar-refractivity contribution in [1.82, 2.24) is 10.3 Å². The van der Waals surface area contributed by atoms with Crippen LogP contribution in [0.25, 0.3) is 10.9 Å². The molecule has 1 N–H and O–H groups in total. The summed E-state index contributed by atoms with van der Waals surface area (Å²) in [5.41, 5.74) is 0.933. The molecule has 0 aliphatic rings. The summed E-state index contributed by atoms with van der Waals surface area (Å²) in [7, 11) is 0. The Balaban J connectivity index is 1.52. The van der Waals surface area contributed by atoms with Gasteiger partial charge < -0.3 is 10.1 Å². The van der Waals surface area contributed by atoms with E-state index in [1.54, 1.807) is 12.3 Å². The number of pyridine rings is 1. The van der Waals surface area contributed by atoms with E-state index in [1.807, 2.05) is 24.3 Å². The summed E-state index contributed by atoms with van der Waals surface area (Å²) in [4.78, 5) is 16.0. The molecule has 0 aliphatic heterocycles. The van der Waals surface area contributed by atoms with E-state index in [0.717, 1.165) is 23.0 Å². The molecule has 0 atom stereocenters. The first-order valence-corrected chi connectivity index (χ1v) is 7.34. The van der Waals surface area contributed by atoms with Gasteiger partial charge >= 0.3 is 0 Å². The Morgan fingerprint density at radius 3 is 2.79 bits per heavy atom. The van der Waals surface area contributed by atoms with Crippen molar-refractivity contribution >= 4 is 16.8 Å². The molecule has 0 spiro atoms. The van der Waals surface area contributed by atoms with Crippen LogP contribution in [0.3, 0.4) is 0 Å². The quantitative estimate of drug-likeness (QED) is 0.731. The molecule has 6 heteroatoms. The van der Waals surface area contributed by atoms with Crippen molar-refractivity contribution in [3.8, 4) is 5.75 Å². The summed E-state index contributed by atoms with van der Waals surface area (Å²) in [6, 6.07) is 12.3. The van der Waals surface area contributed by atoms with Crippen molar-refractivity contribution < 1.29 is 18.3 Å². The first-order valence-electron chi connectivity index (χ1n) is 7.34. The Hall–Kier alpha value is -3.02. The first-order chi connectivity index (χ1) is 11.6. The normalized spacial score (nSPS) is 10.6. The third kappa shape index (κ3) is 3.65. The number of ether oxygens (including phenoxy) is 1. The Morgan fingerprint density at radius 1 is 1.08 bits per heavy atom. The van der Waals surface area contributed by atoms with Crippen molar-refractivity contribution in [2.24, 2.45) is 0 Å². The molecule has 0 bridgehead atoms. The molecule has 1 heterocycles. The van der Waals surface area contributed by atoms with Crippen molar-refractivity contribution in [2.75, 3.05) is 13.2 Å². The molecule has 0 unspecified atom stereocenters. The molecule has 0 fully saturated rings. The zero-order valence-corrected chi connectivity index (χ0v) is 12.6. The van der Waals surface area contributed by atoms with Crippen LogP contribution in [0, 0.1) is 11.6 Å². The van der Waals surface area contributed by atoms with E-state index in [9.17, 15) is 13.6 Å². The van der Waals surface area contributed by atoms with E-state index in [2.05, 4.69) is 10.3 Å². The Bertz CT molecular complexity index is 884. The van der Waals surface area contributed by atoms with Crippen LogP contribution < -0.4 is 10.1 Å². The number of rotatable bonds is 5. The van der Waals surface area contributed by atoms with Gasteiger partial charge in [-0.2, -0.15) is 0 Å². The molecule has 0 saturated heterocycles. The van der Waals surface area contributed by atoms with E-state index >= 15 is 0 Å².